The zero-order valence-electron chi connectivity index (χ0n) is 10.3. The van der Waals surface area contributed by atoms with Crippen LogP contribution in [0.3, 0.4) is 0 Å². The zero-order chi connectivity index (χ0) is 12.2. The van der Waals surface area contributed by atoms with Crippen molar-refractivity contribution in [3.05, 3.63) is 65.7 Å². The maximum Gasteiger partial charge on any atom is 0.119 e. The van der Waals surface area contributed by atoms with Crippen LogP contribution in [-0.4, -0.2) is 13.1 Å². The first-order valence-corrected chi connectivity index (χ1v) is 6.39. The molecule has 2 nitrogen and oxygen atoms in total. The van der Waals surface area contributed by atoms with Crippen LogP contribution in [0.2, 0.25) is 0 Å². The van der Waals surface area contributed by atoms with Gasteiger partial charge in [-0.15, -0.1) is 0 Å². The average molecular weight is 239 g/mol. The maximum absolute atomic E-state index is 5.76. The molecule has 92 valence electrons. The molecule has 0 aromatic heterocycles. The van der Waals surface area contributed by atoms with Crippen molar-refractivity contribution in [2.45, 2.75) is 12.5 Å². The monoisotopic (exact) mass is 239 g/mol. The summed E-state index contributed by atoms with van der Waals surface area (Å²) >= 11 is 0. The van der Waals surface area contributed by atoms with Crippen molar-refractivity contribution < 1.29 is 4.74 Å². The first-order chi connectivity index (χ1) is 8.92. The van der Waals surface area contributed by atoms with Crippen LogP contribution in [0.5, 0.6) is 5.75 Å². The molecule has 0 radical (unpaired) electrons. The molecule has 0 aliphatic carbocycles. The largest absolute Gasteiger partial charge is 0.489 e. The fourth-order valence-corrected chi connectivity index (χ4v) is 2.10. The van der Waals surface area contributed by atoms with E-state index in [1.54, 1.807) is 0 Å². The van der Waals surface area contributed by atoms with E-state index in [0.717, 1.165) is 18.8 Å². The van der Waals surface area contributed by atoms with E-state index in [1.807, 2.05) is 18.2 Å². The van der Waals surface area contributed by atoms with Crippen molar-refractivity contribution >= 4 is 0 Å². The van der Waals surface area contributed by atoms with Gasteiger partial charge in [-0.1, -0.05) is 42.5 Å². The highest BCUT2D eigenvalue weighted by Crippen LogP contribution is 2.22. The Hall–Kier alpha value is -1.80. The SMILES string of the molecule is c1ccc(COc2ccc(C3CNC3)cc2)cc1. The van der Waals surface area contributed by atoms with Gasteiger partial charge in [-0.3, -0.25) is 0 Å². The highest BCUT2D eigenvalue weighted by atomic mass is 16.5. The lowest BCUT2D eigenvalue weighted by Gasteiger charge is -2.27. The number of ether oxygens (including phenoxy) is 1. The van der Waals surface area contributed by atoms with Gasteiger partial charge in [0.05, 0.1) is 0 Å². The molecule has 1 heterocycles. The summed E-state index contributed by atoms with van der Waals surface area (Å²) in [6, 6.07) is 18.7. The second kappa shape index (κ2) is 5.23. The number of nitrogens with one attached hydrogen (secondary N) is 1. The standard InChI is InChI=1S/C16H17NO/c1-2-4-13(5-3-1)12-18-16-8-6-14(7-9-16)15-10-17-11-15/h1-9,15,17H,10-12H2. The lowest BCUT2D eigenvalue weighted by Crippen LogP contribution is -2.39. The third-order valence-corrected chi connectivity index (χ3v) is 3.38. The molecule has 0 unspecified atom stereocenters. The average Bonchev–Trinajstić information content (AvgIpc) is 2.37. The number of rotatable bonds is 4. The van der Waals surface area contributed by atoms with Gasteiger partial charge in [0.2, 0.25) is 0 Å². The summed E-state index contributed by atoms with van der Waals surface area (Å²) in [5, 5.41) is 3.29. The van der Waals surface area contributed by atoms with Crippen molar-refractivity contribution in [2.75, 3.05) is 13.1 Å². The van der Waals surface area contributed by atoms with E-state index in [2.05, 4.69) is 41.7 Å². The van der Waals surface area contributed by atoms with E-state index < -0.39 is 0 Å². The van der Waals surface area contributed by atoms with Gasteiger partial charge in [-0.25, -0.2) is 0 Å². The Balaban J connectivity index is 1.59. The molecule has 1 fully saturated rings. The number of benzene rings is 2. The van der Waals surface area contributed by atoms with Crippen molar-refractivity contribution in [1.82, 2.24) is 5.32 Å². The van der Waals surface area contributed by atoms with Crippen LogP contribution in [0.1, 0.15) is 17.0 Å². The second-order valence-corrected chi connectivity index (χ2v) is 4.70. The van der Waals surface area contributed by atoms with Crippen LogP contribution < -0.4 is 10.1 Å². The molecule has 0 spiro atoms. The Morgan fingerprint density at radius 1 is 0.944 bits per heavy atom. The van der Waals surface area contributed by atoms with Crippen molar-refractivity contribution in [3.63, 3.8) is 0 Å². The minimum atomic E-state index is 0.630. The third kappa shape index (κ3) is 2.54. The van der Waals surface area contributed by atoms with E-state index in [0.29, 0.717) is 12.5 Å². The summed E-state index contributed by atoms with van der Waals surface area (Å²) in [4.78, 5) is 0. The van der Waals surface area contributed by atoms with Crippen molar-refractivity contribution in [2.24, 2.45) is 0 Å². The molecule has 1 N–H and O–H groups in total. The summed E-state index contributed by atoms with van der Waals surface area (Å²) in [7, 11) is 0. The molecule has 18 heavy (non-hydrogen) atoms. The van der Waals surface area contributed by atoms with Crippen LogP contribution in [0, 0.1) is 0 Å². The first-order valence-electron chi connectivity index (χ1n) is 6.39. The molecule has 0 bridgehead atoms. The quantitative estimate of drug-likeness (QED) is 0.885. The number of hydrogen-bond acceptors (Lipinski definition) is 2. The summed E-state index contributed by atoms with van der Waals surface area (Å²) in [5.41, 5.74) is 2.60. The Labute approximate surface area is 108 Å². The summed E-state index contributed by atoms with van der Waals surface area (Å²) in [6.07, 6.45) is 0. The highest BCUT2D eigenvalue weighted by molar-refractivity contribution is 5.31. The molecule has 1 aliphatic heterocycles. The Kier molecular flexibility index (Phi) is 3.29. The van der Waals surface area contributed by atoms with Crippen LogP contribution in [0.4, 0.5) is 0 Å². The normalized spacial score (nSPS) is 15.1. The molecule has 2 aromatic carbocycles. The van der Waals surface area contributed by atoms with Gasteiger partial charge in [0.15, 0.2) is 0 Å². The smallest absolute Gasteiger partial charge is 0.119 e. The predicted molar refractivity (Wildman–Crippen MR) is 72.8 cm³/mol. The highest BCUT2D eigenvalue weighted by Gasteiger charge is 2.18. The van der Waals surface area contributed by atoms with E-state index in [1.165, 1.54) is 11.1 Å². The predicted octanol–water partition coefficient (Wildman–Crippen LogP) is 2.95. The fraction of sp³-hybridized carbons (Fsp3) is 0.250. The van der Waals surface area contributed by atoms with Crippen LogP contribution in [-0.2, 0) is 6.61 Å². The van der Waals surface area contributed by atoms with Gasteiger partial charge < -0.3 is 10.1 Å². The van der Waals surface area contributed by atoms with E-state index in [9.17, 15) is 0 Å². The molecule has 2 aromatic rings. The van der Waals surface area contributed by atoms with E-state index in [4.69, 9.17) is 4.74 Å². The molecular formula is C16H17NO. The Morgan fingerprint density at radius 2 is 1.67 bits per heavy atom. The van der Waals surface area contributed by atoms with Crippen LogP contribution in [0.25, 0.3) is 0 Å². The molecular weight excluding hydrogens is 222 g/mol. The summed E-state index contributed by atoms with van der Waals surface area (Å²) in [5.74, 6) is 1.63. The third-order valence-electron chi connectivity index (χ3n) is 3.38. The lowest BCUT2D eigenvalue weighted by atomic mass is 9.94. The molecule has 0 atom stereocenters. The molecule has 1 saturated heterocycles. The van der Waals surface area contributed by atoms with Gasteiger partial charge in [0.25, 0.3) is 0 Å². The van der Waals surface area contributed by atoms with Gasteiger partial charge >= 0.3 is 0 Å². The minimum Gasteiger partial charge on any atom is -0.489 e. The number of hydrogen-bond donors (Lipinski definition) is 1. The second-order valence-electron chi connectivity index (χ2n) is 4.70. The van der Waals surface area contributed by atoms with Crippen molar-refractivity contribution in [3.8, 4) is 5.75 Å². The lowest BCUT2D eigenvalue weighted by molar-refractivity contribution is 0.306. The molecule has 0 amide bonds. The summed E-state index contributed by atoms with van der Waals surface area (Å²) < 4.78 is 5.76. The van der Waals surface area contributed by atoms with Gasteiger partial charge in [-0.05, 0) is 23.3 Å². The van der Waals surface area contributed by atoms with Crippen LogP contribution in [0.15, 0.2) is 54.6 Å². The van der Waals surface area contributed by atoms with Gasteiger partial charge in [-0.2, -0.15) is 0 Å². The van der Waals surface area contributed by atoms with Crippen LogP contribution >= 0.6 is 0 Å². The van der Waals surface area contributed by atoms with E-state index >= 15 is 0 Å². The zero-order valence-corrected chi connectivity index (χ0v) is 10.3. The summed E-state index contributed by atoms with van der Waals surface area (Å²) in [6.45, 7) is 2.83. The molecule has 1 aliphatic rings. The van der Waals surface area contributed by atoms with Crippen molar-refractivity contribution in [1.29, 1.82) is 0 Å². The Bertz CT molecular complexity index is 488. The molecule has 2 heteroatoms. The molecule has 0 saturated carbocycles. The van der Waals surface area contributed by atoms with Gasteiger partial charge in [0, 0.05) is 19.0 Å². The fourth-order valence-electron chi connectivity index (χ4n) is 2.10. The van der Waals surface area contributed by atoms with E-state index in [-0.39, 0.29) is 0 Å². The maximum atomic E-state index is 5.76. The van der Waals surface area contributed by atoms with Gasteiger partial charge in [0.1, 0.15) is 12.4 Å². The molecule has 3 rings (SSSR count). The topological polar surface area (TPSA) is 21.3 Å². The Morgan fingerprint density at radius 3 is 2.28 bits per heavy atom. The minimum absolute atomic E-state index is 0.630. The first kappa shape index (κ1) is 11.3.